The highest BCUT2D eigenvalue weighted by atomic mass is 15.3. The highest BCUT2D eigenvalue weighted by Crippen LogP contribution is 2.35. The van der Waals surface area contributed by atoms with Gasteiger partial charge in [0.1, 0.15) is 5.69 Å². The first kappa shape index (κ1) is 16.2. The Kier molecular flexibility index (Phi) is 3.64. The van der Waals surface area contributed by atoms with Gasteiger partial charge in [0.15, 0.2) is 11.5 Å². The molecular weight excluding hydrogens is 334 g/mol. The minimum atomic E-state index is 0.335. The molecule has 0 saturated carbocycles. The summed E-state index contributed by atoms with van der Waals surface area (Å²) >= 11 is 0. The number of rotatable bonds is 2. The Morgan fingerprint density at radius 3 is 2.78 bits per heavy atom. The average molecular weight is 357 g/mol. The molecule has 0 bridgehead atoms. The number of fused-ring (bicyclic) bond motifs is 2. The zero-order chi connectivity index (χ0) is 18.4. The molecule has 0 amide bonds. The van der Waals surface area contributed by atoms with Gasteiger partial charge in [-0.15, -0.1) is 10.2 Å². The van der Waals surface area contributed by atoms with Crippen LogP contribution in [0.5, 0.6) is 0 Å². The maximum Gasteiger partial charge on any atom is 0.187 e. The Bertz CT molecular complexity index is 1130. The van der Waals surface area contributed by atoms with Gasteiger partial charge in [0.25, 0.3) is 0 Å². The number of anilines is 1. The second-order valence-corrected chi connectivity index (χ2v) is 8.19. The molecule has 1 aliphatic heterocycles. The molecule has 4 heterocycles. The van der Waals surface area contributed by atoms with E-state index >= 15 is 0 Å². The van der Waals surface area contributed by atoms with Crippen LogP contribution in [0.15, 0.2) is 54.7 Å². The van der Waals surface area contributed by atoms with Gasteiger partial charge < -0.3 is 4.90 Å². The molecule has 0 spiro atoms. The van der Waals surface area contributed by atoms with E-state index in [0.717, 1.165) is 41.2 Å². The fraction of sp³-hybridized carbons (Fsp3) is 0.318. The van der Waals surface area contributed by atoms with Crippen molar-refractivity contribution in [2.45, 2.75) is 26.7 Å². The Hall–Kier alpha value is -2.95. The van der Waals surface area contributed by atoms with Crippen LogP contribution in [0.25, 0.3) is 28.1 Å². The standard InChI is InChI=1S/C22H23N5/c1-22(2)12-6-13-26(15-22)18-8-5-7-16-10-11-17(23-20(16)18)21-25-24-19-9-3-4-14-27(19)21/h3-5,7-11,14H,6,12-13,15H2,1-2H3. The first-order valence-corrected chi connectivity index (χ1v) is 9.56. The second-order valence-electron chi connectivity index (χ2n) is 8.19. The van der Waals surface area contributed by atoms with Gasteiger partial charge in [0.05, 0.1) is 11.2 Å². The van der Waals surface area contributed by atoms with Crippen LogP contribution in [-0.4, -0.2) is 32.7 Å². The van der Waals surface area contributed by atoms with E-state index in [2.05, 4.69) is 53.2 Å². The fourth-order valence-electron chi connectivity index (χ4n) is 4.16. The number of piperidine rings is 1. The van der Waals surface area contributed by atoms with E-state index in [-0.39, 0.29) is 0 Å². The SMILES string of the molecule is CC1(C)CCCN(c2cccc3ccc(-c4nnc5ccccn45)nc23)C1. The van der Waals surface area contributed by atoms with Gasteiger partial charge in [-0.3, -0.25) is 4.40 Å². The summed E-state index contributed by atoms with van der Waals surface area (Å²) in [5.41, 5.74) is 4.28. The van der Waals surface area contributed by atoms with Crippen molar-refractivity contribution in [2.24, 2.45) is 5.41 Å². The fourth-order valence-corrected chi connectivity index (χ4v) is 4.16. The van der Waals surface area contributed by atoms with E-state index in [1.54, 1.807) is 0 Å². The highest BCUT2D eigenvalue weighted by Gasteiger charge is 2.27. The monoisotopic (exact) mass is 357 g/mol. The first-order valence-electron chi connectivity index (χ1n) is 9.56. The molecule has 136 valence electrons. The van der Waals surface area contributed by atoms with Crippen LogP contribution in [0.1, 0.15) is 26.7 Å². The summed E-state index contributed by atoms with van der Waals surface area (Å²) in [5, 5.41) is 9.80. The molecule has 5 rings (SSSR count). The van der Waals surface area contributed by atoms with E-state index in [1.165, 1.54) is 18.5 Å². The summed E-state index contributed by atoms with van der Waals surface area (Å²) in [4.78, 5) is 7.52. The maximum absolute atomic E-state index is 5.03. The average Bonchev–Trinajstić information content (AvgIpc) is 3.10. The van der Waals surface area contributed by atoms with Crippen molar-refractivity contribution in [3.05, 3.63) is 54.7 Å². The molecule has 0 unspecified atom stereocenters. The maximum atomic E-state index is 5.03. The zero-order valence-corrected chi connectivity index (χ0v) is 15.8. The summed E-state index contributed by atoms with van der Waals surface area (Å²) in [6, 6.07) is 16.6. The lowest BCUT2D eigenvalue weighted by Gasteiger charge is -2.39. The number of hydrogen-bond acceptors (Lipinski definition) is 4. The van der Waals surface area contributed by atoms with Crippen molar-refractivity contribution in [3.8, 4) is 11.5 Å². The summed E-state index contributed by atoms with van der Waals surface area (Å²) in [6.07, 6.45) is 4.48. The number of para-hydroxylation sites is 1. The minimum Gasteiger partial charge on any atom is -0.369 e. The number of nitrogens with zero attached hydrogens (tertiary/aromatic N) is 5. The van der Waals surface area contributed by atoms with Crippen LogP contribution in [0.4, 0.5) is 5.69 Å². The lowest BCUT2D eigenvalue weighted by molar-refractivity contribution is 0.293. The van der Waals surface area contributed by atoms with Crippen LogP contribution in [0.3, 0.4) is 0 Å². The van der Waals surface area contributed by atoms with Crippen LogP contribution in [-0.2, 0) is 0 Å². The third-order valence-corrected chi connectivity index (χ3v) is 5.48. The molecule has 0 aliphatic carbocycles. The lowest BCUT2D eigenvalue weighted by atomic mass is 9.84. The molecule has 5 heteroatoms. The molecule has 0 radical (unpaired) electrons. The van der Waals surface area contributed by atoms with E-state index in [1.807, 2.05) is 34.9 Å². The topological polar surface area (TPSA) is 46.3 Å². The van der Waals surface area contributed by atoms with Crippen LogP contribution in [0, 0.1) is 5.41 Å². The van der Waals surface area contributed by atoms with Gasteiger partial charge >= 0.3 is 0 Å². The quantitative estimate of drug-likeness (QED) is 0.527. The molecule has 1 aliphatic rings. The Morgan fingerprint density at radius 1 is 0.963 bits per heavy atom. The predicted octanol–water partition coefficient (Wildman–Crippen LogP) is 4.57. The van der Waals surface area contributed by atoms with Crippen molar-refractivity contribution in [2.75, 3.05) is 18.0 Å². The predicted molar refractivity (Wildman–Crippen MR) is 109 cm³/mol. The van der Waals surface area contributed by atoms with Gasteiger partial charge in [-0.25, -0.2) is 4.98 Å². The van der Waals surface area contributed by atoms with Crippen LogP contribution >= 0.6 is 0 Å². The minimum absolute atomic E-state index is 0.335. The van der Waals surface area contributed by atoms with Crippen molar-refractivity contribution >= 4 is 22.2 Å². The van der Waals surface area contributed by atoms with Crippen molar-refractivity contribution < 1.29 is 0 Å². The Balaban J connectivity index is 1.65. The third kappa shape index (κ3) is 2.83. The first-order chi connectivity index (χ1) is 13.1. The number of pyridine rings is 2. The van der Waals surface area contributed by atoms with Crippen molar-refractivity contribution in [3.63, 3.8) is 0 Å². The van der Waals surface area contributed by atoms with Gasteiger partial charge in [-0.1, -0.05) is 38.1 Å². The normalized spacial score (nSPS) is 16.9. The van der Waals surface area contributed by atoms with Crippen LogP contribution < -0.4 is 4.90 Å². The molecule has 1 saturated heterocycles. The smallest absolute Gasteiger partial charge is 0.187 e. The van der Waals surface area contributed by atoms with E-state index in [0.29, 0.717) is 5.41 Å². The molecule has 0 atom stereocenters. The van der Waals surface area contributed by atoms with Crippen molar-refractivity contribution in [1.29, 1.82) is 0 Å². The van der Waals surface area contributed by atoms with Gasteiger partial charge in [-0.2, -0.15) is 0 Å². The van der Waals surface area contributed by atoms with E-state index in [9.17, 15) is 0 Å². The molecule has 0 N–H and O–H groups in total. The van der Waals surface area contributed by atoms with E-state index in [4.69, 9.17) is 4.98 Å². The molecule has 3 aromatic heterocycles. The van der Waals surface area contributed by atoms with E-state index < -0.39 is 0 Å². The van der Waals surface area contributed by atoms with Gasteiger partial charge in [0, 0.05) is 24.7 Å². The third-order valence-electron chi connectivity index (χ3n) is 5.48. The molecule has 4 aromatic rings. The molecule has 27 heavy (non-hydrogen) atoms. The second kappa shape index (κ2) is 6.05. The molecule has 1 aromatic carbocycles. The van der Waals surface area contributed by atoms with Gasteiger partial charge in [-0.05, 0) is 42.5 Å². The summed E-state index contributed by atoms with van der Waals surface area (Å²) < 4.78 is 1.99. The Morgan fingerprint density at radius 2 is 1.89 bits per heavy atom. The summed E-state index contributed by atoms with van der Waals surface area (Å²) in [6.45, 7) is 6.85. The highest BCUT2D eigenvalue weighted by molar-refractivity contribution is 5.92. The Labute approximate surface area is 158 Å². The summed E-state index contributed by atoms with van der Waals surface area (Å²) in [5.74, 6) is 0.779. The number of benzene rings is 1. The van der Waals surface area contributed by atoms with Gasteiger partial charge in [0.2, 0.25) is 0 Å². The molecule has 1 fully saturated rings. The lowest BCUT2D eigenvalue weighted by Crippen LogP contribution is -2.40. The summed E-state index contributed by atoms with van der Waals surface area (Å²) in [7, 11) is 0. The van der Waals surface area contributed by atoms with Crippen LogP contribution in [0.2, 0.25) is 0 Å². The van der Waals surface area contributed by atoms with Crippen molar-refractivity contribution in [1.82, 2.24) is 19.6 Å². The number of hydrogen-bond donors (Lipinski definition) is 0. The molecular formula is C22H23N5. The molecule has 5 nitrogen and oxygen atoms in total. The number of aromatic nitrogens is 4. The largest absolute Gasteiger partial charge is 0.369 e. The zero-order valence-electron chi connectivity index (χ0n) is 15.8.